The number of fused-ring (bicyclic) bond motifs is 1. The molecule has 8 nitrogen and oxygen atoms in total. The number of benzene rings is 2. The van der Waals surface area contributed by atoms with Crippen molar-refractivity contribution in [3.8, 4) is 5.75 Å². The van der Waals surface area contributed by atoms with E-state index in [9.17, 15) is 27.7 Å². The molecule has 2 aliphatic heterocycles. The number of piperazine rings is 1. The number of hydrogen-bond donors (Lipinski definition) is 1. The van der Waals surface area contributed by atoms with Gasteiger partial charge in [-0.2, -0.15) is 13.2 Å². The summed E-state index contributed by atoms with van der Waals surface area (Å²) in [5, 5.41) is 14.1. The highest BCUT2D eigenvalue weighted by atomic mass is 32.1. The predicted molar refractivity (Wildman–Crippen MR) is 149 cm³/mol. The van der Waals surface area contributed by atoms with E-state index in [0.717, 1.165) is 74.0 Å². The van der Waals surface area contributed by atoms with Crippen molar-refractivity contribution >= 4 is 28.6 Å². The number of anilines is 1. The minimum Gasteiger partial charge on any atom is -0.488 e. The van der Waals surface area contributed by atoms with Crippen molar-refractivity contribution in [1.82, 2.24) is 9.80 Å². The summed E-state index contributed by atoms with van der Waals surface area (Å²) in [7, 11) is 0. The Balaban J connectivity index is 1.00. The minimum absolute atomic E-state index is 0.0147. The fourth-order valence-corrected chi connectivity index (χ4v) is 6.01. The first-order valence-corrected chi connectivity index (χ1v) is 14.1. The third-order valence-corrected chi connectivity index (χ3v) is 8.31. The number of nitro groups is 1. The van der Waals surface area contributed by atoms with Gasteiger partial charge in [-0.05, 0) is 56.0 Å². The van der Waals surface area contributed by atoms with Crippen molar-refractivity contribution in [2.75, 3.05) is 44.6 Å². The Morgan fingerprint density at radius 3 is 2.51 bits per heavy atom. The van der Waals surface area contributed by atoms with Crippen LogP contribution in [0.5, 0.6) is 5.75 Å². The summed E-state index contributed by atoms with van der Waals surface area (Å²) in [6.07, 6.45) is -1.19. The average molecular weight is 597 g/mol. The van der Waals surface area contributed by atoms with Crippen LogP contribution in [-0.4, -0.2) is 77.3 Å². The molecule has 1 saturated carbocycles. The van der Waals surface area contributed by atoms with Gasteiger partial charge in [0, 0.05) is 62.5 Å². The van der Waals surface area contributed by atoms with Crippen LogP contribution in [0.4, 0.5) is 28.9 Å². The molecule has 1 N–H and O–H groups in total. The highest BCUT2D eigenvalue weighted by Gasteiger charge is 2.38. The van der Waals surface area contributed by atoms with Gasteiger partial charge in [0.05, 0.1) is 17.6 Å². The van der Waals surface area contributed by atoms with Crippen LogP contribution in [0.1, 0.15) is 36.8 Å². The van der Waals surface area contributed by atoms with Gasteiger partial charge in [0.1, 0.15) is 28.2 Å². The number of rotatable bonds is 8. The maximum absolute atomic E-state index is 13.5. The van der Waals surface area contributed by atoms with Crippen molar-refractivity contribution in [1.29, 1.82) is 0 Å². The Morgan fingerprint density at radius 1 is 1.10 bits per heavy atom. The molecule has 3 aliphatic rings. The molecule has 1 unspecified atom stereocenters. The summed E-state index contributed by atoms with van der Waals surface area (Å²) >= 11 is 5.64. The fourth-order valence-electron chi connectivity index (χ4n) is 5.76. The average Bonchev–Trinajstić information content (AvgIpc) is 3.33. The molecule has 2 heterocycles. The molecule has 0 amide bonds. The first kappa shape index (κ1) is 29.5. The van der Waals surface area contributed by atoms with Crippen molar-refractivity contribution in [3.05, 3.63) is 63.5 Å². The van der Waals surface area contributed by atoms with Crippen molar-refractivity contribution in [2.24, 2.45) is 0 Å². The number of nitrogens with one attached hydrogen (secondary N) is 1. The monoisotopic (exact) mass is 596 g/mol. The number of nitro benzene ring substituents is 1. The van der Waals surface area contributed by atoms with Gasteiger partial charge in [-0.15, -0.1) is 0 Å². The van der Waals surface area contributed by atoms with Gasteiger partial charge in [0.2, 0.25) is 0 Å². The number of alkyl halides is 3. The Bertz CT molecular complexity index is 1260. The van der Waals surface area contributed by atoms with Crippen molar-refractivity contribution in [2.45, 2.75) is 56.5 Å². The molecular formula is C28H32F4N4O4S. The molecule has 13 heteroatoms. The summed E-state index contributed by atoms with van der Waals surface area (Å²) < 4.78 is 65.4. The maximum atomic E-state index is 13.5. The minimum atomic E-state index is -4.81. The third-order valence-electron chi connectivity index (χ3n) is 7.94. The second-order valence-electron chi connectivity index (χ2n) is 10.8. The van der Waals surface area contributed by atoms with Gasteiger partial charge < -0.3 is 19.7 Å². The van der Waals surface area contributed by atoms with Crippen LogP contribution >= 0.6 is 12.2 Å². The van der Waals surface area contributed by atoms with Crippen LogP contribution in [0.15, 0.2) is 36.4 Å². The third kappa shape index (κ3) is 7.44. The summed E-state index contributed by atoms with van der Waals surface area (Å²) in [5.74, 6) is 0.521. The van der Waals surface area contributed by atoms with Crippen LogP contribution in [0, 0.1) is 15.9 Å². The van der Waals surface area contributed by atoms with Gasteiger partial charge >= 0.3 is 6.18 Å². The molecule has 0 spiro atoms. The van der Waals surface area contributed by atoms with Gasteiger partial charge in [-0.1, -0.05) is 12.2 Å². The van der Waals surface area contributed by atoms with Crippen molar-refractivity contribution < 1.29 is 32.0 Å². The first-order valence-electron chi connectivity index (χ1n) is 13.7. The molecule has 5 rings (SSSR count). The maximum Gasteiger partial charge on any atom is 0.423 e. The first-order chi connectivity index (χ1) is 19.5. The lowest BCUT2D eigenvalue weighted by molar-refractivity contribution is -0.388. The van der Waals surface area contributed by atoms with Gasteiger partial charge in [-0.3, -0.25) is 15.0 Å². The van der Waals surface area contributed by atoms with Gasteiger partial charge in [0.25, 0.3) is 5.69 Å². The standard InChI is InChI=1S/C28H32F4N4O4S/c29-19-1-8-26-18(13-19)14-23(40-26)16-34-9-11-35(12-10-34)27(41)17-39-22-5-2-20(3-6-22)33-21-4-7-25(36(37)38)24(15-21)28(30,31)32/h1,4,7-8,13,15,20,22-23,33H,2-3,5-6,9-12,14,16-17H2/t20-,22-,23?. The summed E-state index contributed by atoms with van der Waals surface area (Å²) in [6, 6.07) is 7.62. The smallest absolute Gasteiger partial charge is 0.423 e. The van der Waals surface area contributed by atoms with Gasteiger partial charge in [0.15, 0.2) is 0 Å². The summed E-state index contributed by atoms with van der Waals surface area (Å²) in [6.45, 7) is 4.41. The lowest BCUT2D eigenvalue weighted by Crippen LogP contribution is -2.51. The quantitative estimate of drug-likeness (QED) is 0.187. The van der Waals surface area contributed by atoms with Gasteiger partial charge in [-0.25, -0.2) is 4.39 Å². The molecule has 0 bridgehead atoms. The molecule has 1 aliphatic carbocycles. The zero-order valence-electron chi connectivity index (χ0n) is 22.4. The number of thiocarbonyl (C=S) groups is 1. The number of halogens is 4. The molecule has 0 radical (unpaired) electrons. The number of hydrogen-bond acceptors (Lipinski definition) is 7. The molecule has 1 atom stereocenters. The van der Waals surface area contributed by atoms with Crippen LogP contribution in [0.3, 0.4) is 0 Å². The molecular weight excluding hydrogens is 564 g/mol. The van der Waals surface area contributed by atoms with E-state index in [1.165, 1.54) is 12.1 Å². The van der Waals surface area contributed by atoms with E-state index in [1.54, 1.807) is 12.1 Å². The second kappa shape index (κ2) is 12.5. The van der Waals surface area contributed by atoms with Crippen molar-refractivity contribution in [3.63, 3.8) is 0 Å². The molecule has 2 fully saturated rings. The SMILES string of the molecule is O=[N+]([O-])c1ccc(N[C@H]2CC[C@H](OCC(=S)N3CCN(CC4Cc5cc(F)ccc5O4)CC3)CC2)cc1C(F)(F)F. The molecule has 2 aromatic rings. The molecule has 0 aromatic heterocycles. The lowest BCUT2D eigenvalue weighted by Gasteiger charge is -2.37. The highest BCUT2D eigenvalue weighted by molar-refractivity contribution is 7.80. The van der Waals surface area contributed by atoms with Crippen LogP contribution in [0.2, 0.25) is 0 Å². The van der Waals surface area contributed by atoms with Crippen LogP contribution < -0.4 is 10.1 Å². The van der Waals surface area contributed by atoms with E-state index in [2.05, 4.69) is 15.1 Å². The molecule has 2 aromatic carbocycles. The van der Waals surface area contributed by atoms with E-state index in [1.807, 2.05) is 0 Å². The molecule has 41 heavy (non-hydrogen) atoms. The second-order valence-corrected chi connectivity index (χ2v) is 11.3. The number of ether oxygens (including phenoxy) is 2. The Hall–Kier alpha value is -3.03. The van der Waals surface area contributed by atoms with E-state index >= 15 is 0 Å². The van der Waals surface area contributed by atoms with E-state index in [-0.39, 0.29) is 29.8 Å². The van der Waals surface area contributed by atoms with E-state index in [0.29, 0.717) is 25.9 Å². The molecule has 222 valence electrons. The Labute approximate surface area is 240 Å². The zero-order valence-corrected chi connectivity index (χ0v) is 23.2. The van der Waals surface area contributed by atoms with Crippen LogP contribution in [0.25, 0.3) is 0 Å². The predicted octanol–water partition coefficient (Wildman–Crippen LogP) is 5.44. The summed E-state index contributed by atoms with van der Waals surface area (Å²) in [4.78, 5) is 15.2. The Morgan fingerprint density at radius 2 is 1.83 bits per heavy atom. The topological polar surface area (TPSA) is 80.1 Å². The lowest BCUT2D eigenvalue weighted by atomic mass is 9.92. The zero-order chi connectivity index (χ0) is 29.1. The normalized spacial score (nSPS) is 23.1. The van der Waals surface area contributed by atoms with E-state index in [4.69, 9.17) is 21.7 Å². The fraction of sp³-hybridized carbons (Fsp3) is 0.536. The van der Waals surface area contributed by atoms with Crippen LogP contribution in [-0.2, 0) is 17.3 Å². The Kier molecular flexibility index (Phi) is 8.95. The highest BCUT2D eigenvalue weighted by Crippen LogP contribution is 2.38. The van der Waals surface area contributed by atoms with E-state index < -0.39 is 22.4 Å². The molecule has 1 saturated heterocycles. The number of nitrogens with zero attached hydrogens (tertiary/aromatic N) is 3. The largest absolute Gasteiger partial charge is 0.488 e. The summed E-state index contributed by atoms with van der Waals surface area (Å²) in [5.41, 5.74) is -1.08.